The van der Waals surface area contributed by atoms with Crippen molar-refractivity contribution in [1.82, 2.24) is 0 Å². The van der Waals surface area contributed by atoms with Crippen LogP contribution in [0.2, 0.25) is 0 Å². The van der Waals surface area contributed by atoms with Gasteiger partial charge in [-0.15, -0.1) is 0 Å². The molecule has 3 heteroatoms. The molecule has 80 valence electrons. The third-order valence-corrected chi connectivity index (χ3v) is 3.43. The number of furan rings is 1. The van der Waals surface area contributed by atoms with Gasteiger partial charge in [-0.25, -0.2) is 4.79 Å². The van der Waals surface area contributed by atoms with Crippen molar-refractivity contribution in [2.45, 2.75) is 24.8 Å². The standard InChI is InChI=1S/C13H11NO2/c15-9-14-13(5-1-6-13)11-3-2-10-4-7-16-12(10)8-11/h2-4,7-8H,1,5-6H2. The molecule has 1 fully saturated rings. The summed E-state index contributed by atoms with van der Waals surface area (Å²) in [6, 6.07) is 7.94. The summed E-state index contributed by atoms with van der Waals surface area (Å²) in [5, 5.41) is 1.08. The molecule has 2 aromatic rings. The number of aliphatic imine (C=N–C) groups is 1. The van der Waals surface area contributed by atoms with Gasteiger partial charge in [0.2, 0.25) is 6.08 Å². The summed E-state index contributed by atoms with van der Waals surface area (Å²) in [7, 11) is 0. The number of hydrogen-bond acceptors (Lipinski definition) is 3. The Bertz CT molecular complexity index is 574. The lowest BCUT2D eigenvalue weighted by molar-refractivity contribution is 0.256. The summed E-state index contributed by atoms with van der Waals surface area (Å²) in [6.07, 6.45) is 6.33. The molecule has 1 aliphatic rings. The fourth-order valence-corrected chi connectivity index (χ4v) is 2.31. The van der Waals surface area contributed by atoms with Crippen LogP contribution in [0.1, 0.15) is 24.8 Å². The molecule has 0 bridgehead atoms. The molecule has 1 saturated carbocycles. The second-order valence-electron chi connectivity index (χ2n) is 4.26. The second kappa shape index (κ2) is 3.32. The highest BCUT2D eigenvalue weighted by molar-refractivity contribution is 5.78. The largest absolute Gasteiger partial charge is 0.464 e. The molecule has 0 spiro atoms. The van der Waals surface area contributed by atoms with Crippen LogP contribution in [0.5, 0.6) is 0 Å². The van der Waals surface area contributed by atoms with E-state index >= 15 is 0 Å². The van der Waals surface area contributed by atoms with Gasteiger partial charge < -0.3 is 4.42 Å². The van der Waals surface area contributed by atoms with Crippen molar-refractivity contribution < 1.29 is 9.21 Å². The van der Waals surface area contributed by atoms with E-state index < -0.39 is 0 Å². The summed E-state index contributed by atoms with van der Waals surface area (Å²) in [5.74, 6) is 0. The van der Waals surface area contributed by atoms with E-state index in [0.717, 1.165) is 35.8 Å². The predicted molar refractivity (Wildman–Crippen MR) is 59.9 cm³/mol. The number of carbonyl (C=O) groups excluding carboxylic acids is 1. The van der Waals surface area contributed by atoms with Gasteiger partial charge in [0.25, 0.3) is 0 Å². The molecule has 1 aliphatic carbocycles. The highest BCUT2D eigenvalue weighted by Crippen LogP contribution is 2.45. The van der Waals surface area contributed by atoms with Crippen molar-refractivity contribution >= 4 is 17.0 Å². The highest BCUT2D eigenvalue weighted by Gasteiger charge is 2.39. The van der Waals surface area contributed by atoms with Crippen LogP contribution in [0.25, 0.3) is 11.0 Å². The normalized spacial score (nSPS) is 17.8. The van der Waals surface area contributed by atoms with Gasteiger partial charge >= 0.3 is 0 Å². The summed E-state index contributed by atoms with van der Waals surface area (Å²) >= 11 is 0. The average Bonchev–Trinajstić information content (AvgIpc) is 2.70. The maximum absolute atomic E-state index is 10.5. The molecule has 3 rings (SSSR count). The van der Waals surface area contributed by atoms with Crippen LogP contribution in [0.15, 0.2) is 39.9 Å². The third kappa shape index (κ3) is 1.22. The number of nitrogens with zero attached hydrogens (tertiary/aromatic N) is 1. The van der Waals surface area contributed by atoms with Crippen molar-refractivity contribution in [3.8, 4) is 0 Å². The number of benzene rings is 1. The van der Waals surface area contributed by atoms with Gasteiger partial charge in [-0.1, -0.05) is 12.1 Å². The Kier molecular flexibility index (Phi) is 1.95. The van der Waals surface area contributed by atoms with Crippen LogP contribution in [0.3, 0.4) is 0 Å². The van der Waals surface area contributed by atoms with Gasteiger partial charge in [-0.3, -0.25) is 0 Å². The first kappa shape index (κ1) is 9.37. The van der Waals surface area contributed by atoms with Crippen molar-refractivity contribution in [3.05, 3.63) is 36.1 Å². The molecule has 3 nitrogen and oxygen atoms in total. The molecule has 1 heterocycles. The molecule has 16 heavy (non-hydrogen) atoms. The molecule has 0 radical (unpaired) electrons. The van der Waals surface area contributed by atoms with Crippen LogP contribution in [-0.2, 0) is 10.3 Å². The van der Waals surface area contributed by atoms with E-state index in [0.29, 0.717) is 0 Å². The minimum atomic E-state index is -0.331. The Morgan fingerprint density at radius 2 is 2.19 bits per heavy atom. The van der Waals surface area contributed by atoms with Crippen molar-refractivity contribution in [1.29, 1.82) is 0 Å². The van der Waals surface area contributed by atoms with E-state index in [4.69, 9.17) is 4.42 Å². The molecule has 0 N–H and O–H groups in total. The van der Waals surface area contributed by atoms with Gasteiger partial charge in [0.1, 0.15) is 5.58 Å². The van der Waals surface area contributed by atoms with Crippen LogP contribution in [0, 0.1) is 0 Å². The topological polar surface area (TPSA) is 42.6 Å². The van der Waals surface area contributed by atoms with E-state index in [-0.39, 0.29) is 5.54 Å². The van der Waals surface area contributed by atoms with E-state index in [1.165, 1.54) is 0 Å². The Hall–Kier alpha value is -1.86. The second-order valence-corrected chi connectivity index (χ2v) is 4.26. The predicted octanol–water partition coefficient (Wildman–Crippen LogP) is 3.15. The molecule has 0 atom stereocenters. The molecule has 1 aromatic heterocycles. The number of fused-ring (bicyclic) bond motifs is 1. The van der Waals surface area contributed by atoms with Crippen LogP contribution in [-0.4, -0.2) is 6.08 Å². The van der Waals surface area contributed by atoms with Crippen LogP contribution < -0.4 is 0 Å². The Balaban J connectivity index is 2.13. The zero-order valence-electron chi connectivity index (χ0n) is 8.77. The average molecular weight is 213 g/mol. The molecule has 0 aliphatic heterocycles. The minimum Gasteiger partial charge on any atom is -0.464 e. The molecule has 0 amide bonds. The van der Waals surface area contributed by atoms with Crippen molar-refractivity contribution in [3.63, 3.8) is 0 Å². The smallest absolute Gasteiger partial charge is 0.235 e. The molecule has 1 aromatic carbocycles. The highest BCUT2D eigenvalue weighted by atomic mass is 16.3. The van der Waals surface area contributed by atoms with Crippen molar-refractivity contribution in [2.75, 3.05) is 0 Å². The van der Waals surface area contributed by atoms with Gasteiger partial charge in [-0.2, -0.15) is 4.99 Å². The molecular weight excluding hydrogens is 202 g/mol. The Labute approximate surface area is 92.8 Å². The first-order valence-electron chi connectivity index (χ1n) is 5.41. The summed E-state index contributed by atoms with van der Waals surface area (Å²) in [6.45, 7) is 0. The maximum Gasteiger partial charge on any atom is 0.235 e. The van der Waals surface area contributed by atoms with Gasteiger partial charge in [0, 0.05) is 5.39 Å². The fourth-order valence-electron chi connectivity index (χ4n) is 2.31. The summed E-state index contributed by atoms with van der Waals surface area (Å²) in [4.78, 5) is 14.5. The van der Waals surface area contributed by atoms with Gasteiger partial charge in [-0.05, 0) is 37.0 Å². The van der Waals surface area contributed by atoms with Gasteiger partial charge in [0.15, 0.2) is 0 Å². The minimum absolute atomic E-state index is 0.331. The summed E-state index contributed by atoms with van der Waals surface area (Å²) in [5.41, 5.74) is 1.58. The molecule has 0 unspecified atom stereocenters. The maximum atomic E-state index is 10.5. The number of rotatable bonds is 2. The van der Waals surface area contributed by atoms with Crippen LogP contribution in [0.4, 0.5) is 0 Å². The van der Waals surface area contributed by atoms with E-state index in [2.05, 4.69) is 4.99 Å². The van der Waals surface area contributed by atoms with E-state index in [9.17, 15) is 4.79 Å². The van der Waals surface area contributed by atoms with Crippen LogP contribution >= 0.6 is 0 Å². The van der Waals surface area contributed by atoms with E-state index in [1.807, 2.05) is 24.3 Å². The Morgan fingerprint density at radius 3 is 2.88 bits per heavy atom. The number of isocyanates is 1. The zero-order chi connectivity index (χ0) is 11.0. The Morgan fingerprint density at radius 1 is 1.31 bits per heavy atom. The lowest BCUT2D eigenvalue weighted by Gasteiger charge is -2.36. The fraction of sp³-hybridized carbons (Fsp3) is 0.308. The van der Waals surface area contributed by atoms with E-state index in [1.54, 1.807) is 12.3 Å². The van der Waals surface area contributed by atoms with Crippen molar-refractivity contribution in [2.24, 2.45) is 4.99 Å². The summed E-state index contributed by atoms with van der Waals surface area (Å²) < 4.78 is 5.36. The zero-order valence-corrected chi connectivity index (χ0v) is 8.77. The number of hydrogen-bond donors (Lipinski definition) is 0. The SMILES string of the molecule is O=C=NC1(c2ccc3ccoc3c2)CCC1. The lowest BCUT2D eigenvalue weighted by atomic mass is 9.72. The molecular formula is C13H11NO2. The van der Waals surface area contributed by atoms with Gasteiger partial charge in [0.05, 0.1) is 11.8 Å². The monoisotopic (exact) mass is 213 g/mol. The quantitative estimate of drug-likeness (QED) is 0.568. The third-order valence-electron chi connectivity index (χ3n) is 3.43. The first-order valence-corrected chi connectivity index (χ1v) is 5.41. The first-order chi connectivity index (χ1) is 7.84. The molecule has 0 saturated heterocycles. The lowest BCUT2D eigenvalue weighted by Crippen LogP contribution is -2.31.